The predicted molar refractivity (Wildman–Crippen MR) is 104 cm³/mol. The molecule has 0 bridgehead atoms. The maximum absolute atomic E-state index is 4.48. The quantitative estimate of drug-likeness (QED) is 0.430. The fourth-order valence-electron chi connectivity index (χ4n) is 3.38. The second-order valence-electron chi connectivity index (χ2n) is 6.35. The Kier molecular flexibility index (Phi) is 10.6. The summed E-state index contributed by atoms with van der Waals surface area (Å²) < 4.78 is 0. The van der Waals surface area contributed by atoms with Crippen LogP contribution in [0, 0.1) is 11.8 Å². The third kappa shape index (κ3) is 6.72. The minimum absolute atomic E-state index is 0. The van der Waals surface area contributed by atoms with Crippen molar-refractivity contribution in [2.75, 3.05) is 39.8 Å². The Labute approximate surface area is 148 Å². The highest BCUT2D eigenvalue weighted by Crippen LogP contribution is 2.20. The lowest BCUT2D eigenvalue weighted by Gasteiger charge is -2.37. The lowest BCUT2D eigenvalue weighted by atomic mass is 9.92. The number of hydrogen-bond acceptors (Lipinski definition) is 2. The van der Waals surface area contributed by atoms with E-state index in [4.69, 9.17) is 0 Å². The van der Waals surface area contributed by atoms with Crippen LogP contribution in [0.25, 0.3) is 0 Å². The molecule has 1 saturated heterocycles. The summed E-state index contributed by atoms with van der Waals surface area (Å²) in [6.45, 7) is 16.9. The van der Waals surface area contributed by atoms with E-state index in [-0.39, 0.29) is 24.0 Å². The number of nitrogens with zero attached hydrogens (tertiary/aromatic N) is 3. The van der Waals surface area contributed by atoms with E-state index in [2.05, 4.69) is 54.7 Å². The summed E-state index contributed by atoms with van der Waals surface area (Å²) in [6.07, 6.45) is 1.34. The molecule has 0 spiro atoms. The fourth-order valence-corrected chi connectivity index (χ4v) is 3.38. The maximum Gasteiger partial charge on any atom is 0.193 e. The Hall–Kier alpha value is -0.0400. The highest BCUT2D eigenvalue weighted by atomic mass is 127. The van der Waals surface area contributed by atoms with Crippen LogP contribution in [0.15, 0.2) is 4.99 Å². The molecule has 1 aliphatic rings. The first kappa shape index (κ1) is 21.0. The maximum atomic E-state index is 4.48. The third-order valence-corrected chi connectivity index (χ3v) is 4.37. The highest BCUT2D eigenvalue weighted by molar-refractivity contribution is 14.0. The van der Waals surface area contributed by atoms with Gasteiger partial charge in [0.1, 0.15) is 0 Å². The third-order valence-electron chi connectivity index (χ3n) is 4.37. The molecule has 0 amide bonds. The molecule has 0 aliphatic carbocycles. The van der Waals surface area contributed by atoms with Crippen molar-refractivity contribution in [3.8, 4) is 0 Å². The van der Waals surface area contributed by atoms with Gasteiger partial charge in [-0.15, -0.1) is 24.0 Å². The van der Waals surface area contributed by atoms with Gasteiger partial charge in [0.15, 0.2) is 5.96 Å². The summed E-state index contributed by atoms with van der Waals surface area (Å²) in [5.74, 6) is 2.59. The van der Waals surface area contributed by atoms with Gasteiger partial charge in [-0.05, 0) is 38.3 Å². The Morgan fingerprint density at radius 3 is 2.19 bits per heavy atom. The van der Waals surface area contributed by atoms with Crippen LogP contribution in [-0.2, 0) is 0 Å². The van der Waals surface area contributed by atoms with Crippen molar-refractivity contribution in [2.45, 2.75) is 47.1 Å². The first-order valence-corrected chi connectivity index (χ1v) is 8.21. The number of likely N-dealkylation sites (N-methyl/N-ethyl adjacent to an activating group) is 1. The Balaban J connectivity index is 0.00000400. The number of hydrogen-bond donors (Lipinski definition) is 1. The first-order valence-electron chi connectivity index (χ1n) is 8.21. The van der Waals surface area contributed by atoms with E-state index in [9.17, 15) is 0 Å². The molecule has 1 fully saturated rings. The van der Waals surface area contributed by atoms with Crippen molar-refractivity contribution in [3.05, 3.63) is 0 Å². The summed E-state index contributed by atoms with van der Waals surface area (Å²) in [5, 5.41) is 3.56. The molecule has 0 saturated carbocycles. The minimum atomic E-state index is 0. The number of halogens is 1. The molecule has 4 nitrogen and oxygen atoms in total. The molecule has 0 aromatic heterocycles. The van der Waals surface area contributed by atoms with Crippen molar-refractivity contribution in [2.24, 2.45) is 16.8 Å². The summed E-state index contributed by atoms with van der Waals surface area (Å²) in [4.78, 5) is 9.37. The predicted octanol–water partition coefficient (Wildman–Crippen LogP) is 2.89. The molecule has 1 rings (SSSR count). The number of guanidine groups is 1. The van der Waals surface area contributed by atoms with Crippen molar-refractivity contribution in [3.63, 3.8) is 0 Å². The fraction of sp³-hybridized carbons (Fsp3) is 0.938. The van der Waals surface area contributed by atoms with Crippen LogP contribution in [0.1, 0.15) is 41.0 Å². The van der Waals surface area contributed by atoms with Gasteiger partial charge in [-0.25, -0.2) is 0 Å². The second kappa shape index (κ2) is 10.6. The lowest BCUT2D eigenvalue weighted by Crippen LogP contribution is -2.51. The topological polar surface area (TPSA) is 30.9 Å². The largest absolute Gasteiger partial charge is 0.355 e. The van der Waals surface area contributed by atoms with Crippen LogP contribution in [-0.4, -0.2) is 61.6 Å². The summed E-state index contributed by atoms with van der Waals surface area (Å²) in [6, 6.07) is 0.543. The minimum Gasteiger partial charge on any atom is -0.355 e. The first-order chi connectivity index (χ1) is 9.51. The van der Waals surface area contributed by atoms with E-state index < -0.39 is 0 Å². The lowest BCUT2D eigenvalue weighted by molar-refractivity contribution is 0.202. The van der Waals surface area contributed by atoms with Gasteiger partial charge in [0.25, 0.3) is 0 Å². The molecule has 0 aromatic rings. The summed E-state index contributed by atoms with van der Waals surface area (Å²) in [5.41, 5.74) is 0. The Morgan fingerprint density at radius 2 is 1.76 bits per heavy atom. The average Bonchev–Trinajstić information content (AvgIpc) is 2.39. The molecule has 0 aromatic carbocycles. The average molecular weight is 410 g/mol. The van der Waals surface area contributed by atoms with Gasteiger partial charge >= 0.3 is 0 Å². The van der Waals surface area contributed by atoms with Crippen molar-refractivity contribution in [1.82, 2.24) is 15.1 Å². The van der Waals surface area contributed by atoms with Crippen LogP contribution < -0.4 is 5.32 Å². The van der Waals surface area contributed by atoms with E-state index in [1.807, 2.05) is 7.05 Å². The Bertz CT molecular complexity index is 295. The van der Waals surface area contributed by atoms with E-state index in [1.54, 1.807) is 0 Å². The Morgan fingerprint density at radius 1 is 1.24 bits per heavy atom. The molecule has 126 valence electrons. The van der Waals surface area contributed by atoms with Crippen LogP contribution in [0.2, 0.25) is 0 Å². The zero-order valence-corrected chi connectivity index (χ0v) is 17.1. The number of aliphatic imine (C=N–C) groups is 1. The van der Waals surface area contributed by atoms with Gasteiger partial charge in [-0.2, -0.15) is 0 Å². The number of nitrogens with one attached hydrogen (secondary N) is 1. The van der Waals surface area contributed by atoms with Crippen LogP contribution in [0.5, 0.6) is 0 Å². The molecular formula is C16H35IN4. The molecule has 3 atom stereocenters. The molecule has 1 N–H and O–H groups in total. The summed E-state index contributed by atoms with van der Waals surface area (Å²) >= 11 is 0. The normalized spacial score (nSPS) is 24.7. The monoisotopic (exact) mass is 410 g/mol. The van der Waals surface area contributed by atoms with Gasteiger partial charge in [-0.3, -0.25) is 9.89 Å². The van der Waals surface area contributed by atoms with E-state index in [1.165, 1.54) is 6.42 Å². The SMILES string of the molecule is CCN(CC)C(C)CNC(=NC)N1CC(C)CC(C)C1.I. The molecule has 5 heteroatoms. The van der Waals surface area contributed by atoms with Gasteiger partial charge in [-0.1, -0.05) is 27.7 Å². The van der Waals surface area contributed by atoms with E-state index >= 15 is 0 Å². The van der Waals surface area contributed by atoms with Gasteiger partial charge in [0, 0.05) is 32.7 Å². The zero-order chi connectivity index (χ0) is 15.1. The smallest absolute Gasteiger partial charge is 0.193 e. The van der Waals surface area contributed by atoms with Gasteiger partial charge in [0.2, 0.25) is 0 Å². The van der Waals surface area contributed by atoms with Gasteiger partial charge < -0.3 is 10.2 Å². The number of piperidine rings is 1. The molecular weight excluding hydrogens is 375 g/mol. The van der Waals surface area contributed by atoms with Crippen LogP contribution in [0.3, 0.4) is 0 Å². The zero-order valence-electron chi connectivity index (χ0n) is 14.7. The molecule has 1 heterocycles. The molecule has 3 unspecified atom stereocenters. The number of rotatable bonds is 5. The van der Waals surface area contributed by atoms with Crippen molar-refractivity contribution in [1.29, 1.82) is 0 Å². The van der Waals surface area contributed by atoms with Crippen LogP contribution in [0.4, 0.5) is 0 Å². The summed E-state index contributed by atoms with van der Waals surface area (Å²) in [7, 11) is 1.90. The number of likely N-dealkylation sites (tertiary alicyclic amines) is 1. The van der Waals surface area contributed by atoms with Gasteiger partial charge in [0.05, 0.1) is 0 Å². The van der Waals surface area contributed by atoms with E-state index in [0.29, 0.717) is 6.04 Å². The van der Waals surface area contributed by atoms with Crippen molar-refractivity contribution >= 4 is 29.9 Å². The highest BCUT2D eigenvalue weighted by Gasteiger charge is 2.24. The second-order valence-corrected chi connectivity index (χ2v) is 6.35. The van der Waals surface area contributed by atoms with Crippen molar-refractivity contribution < 1.29 is 0 Å². The standard InChI is InChI=1S/C16H34N4.HI/c1-7-19(8-2)15(5)10-18-16(17-6)20-11-13(3)9-14(4)12-20;/h13-15H,7-12H2,1-6H3,(H,17,18);1H. The molecule has 0 radical (unpaired) electrons. The molecule has 1 aliphatic heterocycles. The van der Waals surface area contributed by atoms with Crippen LogP contribution >= 0.6 is 24.0 Å². The molecule has 21 heavy (non-hydrogen) atoms. The van der Waals surface area contributed by atoms with E-state index in [0.717, 1.165) is 50.5 Å².